The fourth-order valence-corrected chi connectivity index (χ4v) is 4.89. The smallest absolute Gasteiger partial charge is 0.289 e. The zero-order valence-electron chi connectivity index (χ0n) is 18.8. The van der Waals surface area contributed by atoms with Crippen molar-refractivity contribution in [3.8, 4) is 17.2 Å². The Morgan fingerprint density at radius 1 is 1.00 bits per heavy atom. The Hall–Kier alpha value is -3.72. The van der Waals surface area contributed by atoms with Gasteiger partial charge < -0.3 is 19.4 Å². The number of carbonyl (C=O) groups excluding carboxylic acids is 3. The van der Waals surface area contributed by atoms with Gasteiger partial charge >= 0.3 is 0 Å². The summed E-state index contributed by atoms with van der Waals surface area (Å²) in [5, 5.41) is 2.70. The fourth-order valence-electron chi connectivity index (χ4n) is 4.17. The summed E-state index contributed by atoms with van der Waals surface area (Å²) in [5.74, 6) is 1.21. The summed E-state index contributed by atoms with van der Waals surface area (Å²) in [6, 6.07) is 14.8. The molecule has 9 heteroatoms. The van der Waals surface area contributed by atoms with Gasteiger partial charge in [0.1, 0.15) is 13.2 Å². The first kappa shape index (κ1) is 22.1. The standard InChI is InChI=1S/C25H23N3O5S/c1-15-11-20(16(2)28(15)19-7-8-21-22(12-19)33-10-9-32-21)24(30)26-18-5-3-17(4-6-18)13-27-23(29)14-34-25(27)31/h3-8,11-12H,9-10,13-14H2,1-2H3,(H,26,30). The van der Waals surface area contributed by atoms with Gasteiger partial charge in [-0.3, -0.25) is 19.3 Å². The van der Waals surface area contributed by atoms with Crippen molar-refractivity contribution in [1.29, 1.82) is 0 Å². The maximum absolute atomic E-state index is 13.0. The van der Waals surface area contributed by atoms with Gasteiger partial charge in [0.25, 0.3) is 11.1 Å². The average molecular weight is 478 g/mol. The number of carbonyl (C=O) groups is 3. The van der Waals surface area contributed by atoms with Gasteiger partial charge in [0.2, 0.25) is 5.91 Å². The van der Waals surface area contributed by atoms with Gasteiger partial charge in [-0.25, -0.2) is 0 Å². The molecule has 8 nitrogen and oxygen atoms in total. The van der Waals surface area contributed by atoms with Crippen LogP contribution in [0, 0.1) is 13.8 Å². The second-order valence-electron chi connectivity index (χ2n) is 8.13. The minimum atomic E-state index is -0.226. The molecule has 1 saturated heterocycles. The summed E-state index contributed by atoms with van der Waals surface area (Å²) in [5.41, 5.74) is 4.65. The van der Waals surface area contributed by atoms with Crippen LogP contribution in [0.1, 0.15) is 27.3 Å². The van der Waals surface area contributed by atoms with E-state index in [2.05, 4.69) is 5.32 Å². The highest BCUT2D eigenvalue weighted by Gasteiger charge is 2.29. The Morgan fingerprint density at radius 3 is 2.44 bits per heavy atom. The van der Waals surface area contributed by atoms with Crippen LogP contribution in [-0.4, -0.2) is 45.5 Å². The van der Waals surface area contributed by atoms with Gasteiger partial charge in [0.05, 0.1) is 17.9 Å². The lowest BCUT2D eigenvalue weighted by atomic mass is 10.1. The topological polar surface area (TPSA) is 89.9 Å². The number of ether oxygens (including phenoxy) is 2. The van der Waals surface area contributed by atoms with Crippen molar-refractivity contribution >= 4 is 34.5 Å². The molecule has 2 aromatic carbocycles. The molecule has 1 N–H and O–H groups in total. The van der Waals surface area contributed by atoms with Crippen LogP contribution in [0.15, 0.2) is 48.5 Å². The van der Waals surface area contributed by atoms with E-state index < -0.39 is 0 Å². The van der Waals surface area contributed by atoms with E-state index in [1.54, 1.807) is 24.3 Å². The van der Waals surface area contributed by atoms with Crippen LogP contribution in [0.3, 0.4) is 0 Å². The molecule has 0 spiro atoms. The molecule has 0 aliphatic carbocycles. The van der Waals surface area contributed by atoms with Crippen molar-refractivity contribution in [2.75, 3.05) is 24.3 Å². The van der Waals surface area contributed by atoms with Crippen LogP contribution in [0.25, 0.3) is 5.69 Å². The Balaban J connectivity index is 1.32. The normalized spacial score (nSPS) is 15.1. The van der Waals surface area contributed by atoms with E-state index in [-0.39, 0.29) is 29.4 Å². The number of amides is 3. The van der Waals surface area contributed by atoms with E-state index in [1.807, 2.05) is 42.7 Å². The molecule has 5 rings (SSSR count). The Bertz CT molecular complexity index is 1280. The van der Waals surface area contributed by atoms with Gasteiger partial charge in [-0.05, 0) is 49.7 Å². The van der Waals surface area contributed by atoms with Gasteiger partial charge in [-0.2, -0.15) is 0 Å². The summed E-state index contributed by atoms with van der Waals surface area (Å²) in [7, 11) is 0. The number of aryl methyl sites for hydroxylation is 1. The predicted octanol–water partition coefficient (Wildman–Crippen LogP) is 4.31. The first-order valence-electron chi connectivity index (χ1n) is 10.9. The number of hydrogen-bond donors (Lipinski definition) is 1. The SMILES string of the molecule is Cc1cc(C(=O)Nc2ccc(CN3C(=O)CSC3=O)cc2)c(C)n1-c1ccc2c(c1)OCCO2. The lowest BCUT2D eigenvalue weighted by Crippen LogP contribution is -2.27. The maximum Gasteiger partial charge on any atom is 0.289 e. The minimum Gasteiger partial charge on any atom is -0.486 e. The summed E-state index contributed by atoms with van der Waals surface area (Å²) in [4.78, 5) is 37.9. The highest BCUT2D eigenvalue weighted by Crippen LogP contribution is 2.33. The summed E-state index contributed by atoms with van der Waals surface area (Å²) < 4.78 is 13.3. The van der Waals surface area contributed by atoms with Crippen molar-refractivity contribution in [2.45, 2.75) is 20.4 Å². The molecule has 3 heterocycles. The van der Waals surface area contributed by atoms with Gasteiger partial charge in [-0.15, -0.1) is 0 Å². The van der Waals surface area contributed by atoms with Crippen LogP contribution in [0.2, 0.25) is 0 Å². The number of imide groups is 1. The van der Waals surface area contributed by atoms with Crippen LogP contribution in [-0.2, 0) is 11.3 Å². The zero-order valence-corrected chi connectivity index (χ0v) is 19.6. The number of fused-ring (bicyclic) bond motifs is 1. The molecule has 0 atom stereocenters. The zero-order chi connectivity index (χ0) is 23.8. The third-order valence-electron chi connectivity index (χ3n) is 5.85. The van der Waals surface area contributed by atoms with Crippen molar-refractivity contribution in [2.24, 2.45) is 0 Å². The van der Waals surface area contributed by atoms with Crippen molar-refractivity contribution in [3.05, 3.63) is 71.0 Å². The molecule has 3 aromatic rings. The van der Waals surface area contributed by atoms with Crippen LogP contribution < -0.4 is 14.8 Å². The predicted molar refractivity (Wildman–Crippen MR) is 129 cm³/mol. The third-order valence-corrected chi connectivity index (χ3v) is 6.71. The van der Waals surface area contributed by atoms with E-state index in [4.69, 9.17) is 9.47 Å². The molecule has 2 aliphatic heterocycles. The summed E-state index contributed by atoms with van der Waals surface area (Å²) in [6.07, 6.45) is 0. The molecular formula is C25H23N3O5S. The van der Waals surface area contributed by atoms with E-state index in [1.165, 1.54) is 4.90 Å². The van der Waals surface area contributed by atoms with Crippen LogP contribution in [0.4, 0.5) is 10.5 Å². The lowest BCUT2D eigenvalue weighted by molar-refractivity contribution is -0.125. The number of benzene rings is 2. The van der Waals surface area contributed by atoms with Crippen LogP contribution >= 0.6 is 11.8 Å². The number of aromatic nitrogens is 1. The summed E-state index contributed by atoms with van der Waals surface area (Å²) in [6.45, 7) is 5.14. The quantitative estimate of drug-likeness (QED) is 0.589. The van der Waals surface area contributed by atoms with Crippen molar-refractivity contribution in [3.63, 3.8) is 0 Å². The second-order valence-corrected chi connectivity index (χ2v) is 9.06. The molecule has 0 saturated carbocycles. The van der Waals surface area contributed by atoms with E-state index in [0.29, 0.717) is 30.2 Å². The summed E-state index contributed by atoms with van der Waals surface area (Å²) >= 11 is 1.02. The number of nitrogens with one attached hydrogen (secondary N) is 1. The first-order valence-corrected chi connectivity index (χ1v) is 11.9. The van der Waals surface area contributed by atoms with Crippen molar-refractivity contribution in [1.82, 2.24) is 9.47 Å². The Labute approximate surface area is 200 Å². The highest BCUT2D eigenvalue weighted by molar-refractivity contribution is 8.14. The van der Waals surface area contributed by atoms with Gasteiger partial charge in [0, 0.05) is 28.8 Å². The molecule has 34 heavy (non-hydrogen) atoms. The maximum atomic E-state index is 13.0. The fraction of sp³-hybridized carbons (Fsp3) is 0.240. The minimum absolute atomic E-state index is 0.180. The monoisotopic (exact) mass is 477 g/mol. The average Bonchev–Trinajstić information content (AvgIpc) is 3.32. The molecule has 1 aromatic heterocycles. The number of rotatable bonds is 5. The molecule has 174 valence electrons. The Kier molecular flexibility index (Phi) is 5.79. The molecule has 0 radical (unpaired) electrons. The molecular weight excluding hydrogens is 454 g/mol. The highest BCUT2D eigenvalue weighted by atomic mass is 32.2. The first-order chi connectivity index (χ1) is 16.4. The molecule has 3 amide bonds. The molecule has 0 bridgehead atoms. The number of hydrogen-bond acceptors (Lipinski definition) is 6. The van der Waals surface area contributed by atoms with E-state index >= 15 is 0 Å². The van der Waals surface area contributed by atoms with Crippen molar-refractivity contribution < 1.29 is 23.9 Å². The largest absolute Gasteiger partial charge is 0.486 e. The molecule has 2 aliphatic rings. The number of anilines is 1. The molecule has 0 unspecified atom stereocenters. The Morgan fingerprint density at radius 2 is 1.74 bits per heavy atom. The number of nitrogens with zero attached hydrogens (tertiary/aromatic N) is 2. The van der Waals surface area contributed by atoms with Gasteiger partial charge in [0.15, 0.2) is 11.5 Å². The number of thioether (sulfide) groups is 1. The second kappa shape index (κ2) is 8.90. The van der Waals surface area contributed by atoms with Crippen LogP contribution in [0.5, 0.6) is 11.5 Å². The lowest BCUT2D eigenvalue weighted by Gasteiger charge is -2.20. The van der Waals surface area contributed by atoms with E-state index in [0.717, 1.165) is 40.2 Å². The van der Waals surface area contributed by atoms with Gasteiger partial charge in [-0.1, -0.05) is 23.9 Å². The third kappa shape index (κ3) is 4.14. The molecule has 1 fully saturated rings. The van der Waals surface area contributed by atoms with E-state index in [9.17, 15) is 14.4 Å².